The van der Waals surface area contributed by atoms with Crippen LogP contribution >= 0.6 is 11.6 Å². The second-order valence-electron chi connectivity index (χ2n) is 5.34. The van der Waals surface area contributed by atoms with Crippen molar-refractivity contribution in [1.29, 1.82) is 0 Å². The first-order valence-electron chi connectivity index (χ1n) is 7.38. The zero-order chi connectivity index (χ0) is 15.9. The predicted octanol–water partition coefficient (Wildman–Crippen LogP) is 1.70. The molecule has 0 radical (unpaired) electrons. The van der Waals surface area contributed by atoms with Gasteiger partial charge in [-0.15, -0.1) is 0 Å². The second kappa shape index (κ2) is 8.27. The normalized spacial score (nSPS) is 15.8. The Morgan fingerprint density at radius 2 is 1.77 bits per heavy atom. The Bertz CT molecular complexity index is 511. The average molecular weight is 325 g/mol. The molecule has 22 heavy (non-hydrogen) atoms. The molecule has 0 aliphatic carbocycles. The molecule has 0 saturated carbocycles. The van der Waals surface area contributed by atoms with Crippen LogP contribution in [0.25, 0.3) is 0 Å². The van der Waals surface area contributed by atoms with Gasteiger partial charge in [0.25, 0.3) is 0 Å². The molecule has 1 aromatic carbocycles. The van der Waals surface area contributed by atoms with Crippen LogP contribution in [0.2, 0.25) is 5.02 Å². The Balaban J connectivity index is 1.73. The van der Waals surface area contributed by atoms with Crippen LogP contribution in [0.4, 0.5) is 0 Å². The number of amides is 1. The summed E-state index contributed by atoms with van der Waals surface area (Å²) in [5, 5.41) is 0.633. The van der Waals surface area contributed by atoms with Crippen molar-refractivity contribution < 1.29 is 14.3 Å². The van der Waals surface area contributed by atoms with E-state index in [4.69, 9.17) is 16.3 Å². The van der Waals surface area contributed by atoms with Crippen LogP contribution in [0.15, 0.2) is 24.3 Å². The SMILES string of the molecule is COCC(=O)N1CCN(CCC(=O)c2ccc(Cl)cc2)CC1. The number of benzene rings is 1. The molecular formula is C16H21ClN2O3. The molecule has 1 saturated heterocycles. The fourth-order valence-electron chi connectivity index (χ4n) is 2.48. The largest absolute Gasteiger partial charge is 0.375 e. The highest BCUT2D eigenvalue weighted by Crippen LogP contribution is 2.12. The first-order chi connectivity index (χ1) is 10.6. The Morgan fingerprint density at radius 3 is 2.36 bits per heavy atom. The highest BCUT2D eigenvalue weighted by atomic mass is 35.5. The lowest BCUT2D eigenvalue weighted by molar-refractivity contribution is -0.136. The summed E-state index contributed by atoms with van der Waals surface area (Å²) in [6, 6.07) is 6.97. The van der Waals surface area contributed by atoms with Crippen LogP contribution in [-0.4, -0.2) is 67.9 Å². The van der Waals surface area contributed by atoms with E-state index in [0.29, 0.717) is 36.6 Å². The Morgan fingerprint density at radius 1 is 1.14 bits per heavy atom. The number of carbonyl (C=O) groups is 2. The zero-order valence-electron chi connectivity index (χ0n) is 12.8. The van der Waals surface area contributed by atoms with Crippen LogP contribution in [0, 0.1) is 0 Å². The molecule has 0 aromatic heterocycles. The van der Waals surface area contributed by atoms with Gasteiger partial charge in [-0.3, -0.25) is 14.5 Å². The molecule has 0 bridgehead atoms. The summed E-state index contributed by atoms with van der Waals surface area (Å²) in [5.41, 5.74) is 0.693. The van der Waals surface area contributed by atoms with Gasteiger partial charge in [-0.2, -0.15) is 0 Å². The Labute approximate surface area is 135 Å². The molecule has 0 N–H and O–H groups in total. The molecule has 0 unspecified atom stereocenters. The maximum Gasteiger partial charge on any atom is 0.248 e. The number of hydrogen-bond acceptors (Lipinski definition) is 4. The summed E-state index contributed by atoms with van der Waals surface area (Å²) in [7, 11) is 1.52. The lowest BCUT2D eigenvalue weighted by atomic mass is 10.1. The van der Waals surface area contributed by atoms with Gasteiger partial charge >= 0.3 is 0 Å². The summed E-state index contributed by atoms with van der Waals surface area (Å²) in [4.78, 5) is 27.8. The molecule has 6 heteroatoms. The third kappa shape index (κ3) is 4.80. The minimum absolute atomic E-state index is 0.0272. The number of Topliss-reactive ketones (excluding diaryl/α,β-unsaturated/α-hetero) is 1. The monoisotopic (exact) mass is 324 g/mol. The number of nitrogens with zero attached hydrogens (tertiary/aromatic N) is 2. The third-order valence-electron chi connectivity index (χ3n) is 3.81. The number of halogens is 1. The van der Waals surface area contributed by atoms with Gasteiger partial charge in [-0.05, 0) is 24.3 Å². The molecule has 1 amide bonds. The van der Waals surface area contributed by atoms with Crippen LogP contribution < -0.4 is 0 Å². The number of ether oxygens (including phenoxy) is 1. The van der Waals surface area contributed by atoms with Crippen molar-refractivity contribution in [3.63, 3.8) is 0 Å². The molecule has 1 heterocycles. The molecular weight excluding hydrogens is 304 g/mol. The lowest BCUT2D eigenvalue weighted by Gasteiger charge is -2.34. The first kappa shape index (κ1) is 16.9. The molecule has 120 valence electrons. The van der Waals surface area contributed by atoms with Crippen molar-refractivity contribution in [3.8, 4) is 0 Å². The molecule has 5 nitrogen and oxygen atoms in total. The van der Waals surface area contributed by atoms with E-state index in [1.165, 1.54) is 7.11 Å². The van der Waals surface area contributed by atoms with Gasteiger partial charge in [0.05, 0.1) is 0 Å². The van der Waals surface area contributed by atoms with E-state index >= 15 is 0 Å². The first-order valence-corrected chi connectivity index (χ1v) is 7.76. The second-order valence-corrected chi connectivity index (χ2v) is 5.77. The summed E-state index contributed by atoms with van der Waals surface area (Å²) in [6.45, 7) is 3.82. The smallest absolute Gasteiger partial charge is 0.248 e. The van der Waals surface area contributed by atoms with E-state index in [-0.39, 0.29) is 18.3 Å². The number of hydrogen-bond donors (Lipinski definition) is 0. The predicted molar refractivity (Wildman–Crippen MR) is 85.3 cm³/mol. The molecule has 1 aromatic rings. The van der Waals surface area contributed by atoms with Crippen molar-refractivity contribution in [2.45, 2.75) is 6.42 Å². The summed E-state index contributed by atoms with van der Waals surface area (Å²) >= 11 is 5.82. The van der Waals surface area contributed by atoms with E-state index in [1.807, 2.05) is 0 Å². The summed E-state index contributed by atoms with van der Waals surface area (Å²) in [5.74, 6) is 0.147. The molecule has 1 aliphatic rings. The third-order valence-corrected chi connectivity index (χ3v) is 4.07. The molecule has 0 spiro atoms. The van der Waals surface area contributed by atoms with Crippen molar-refractivity contribution in [2.75, 3.05) is 46.4 Å². The van der Waals surface area contributed by atoms with Gasteiger partial charge in [-0.25, -0.2) is 0 Å². The highest BCUT2D eigenvalue weighted by Gasteiger charge is 2.21. The summed E-state index contributed by atoms with van der Waals surface area (Å²) in [6.07, 6.45) is 0.480. The summed E-state index contributed by atoms with van der Waals surface area (Å²) < 4.78 is 4.86. The number of carbonyl (C=O) groups excluding carboxylic acids is 2. The van der Waals surface area contributed by atoms with Gasteiger partial charge in [0, 0.05) is 56.8 Å². The minimum Gasteiger partial charge on any atom is -0.375 e. The van der Waals surface area contributed by atoms with E-state index < -0.39 is 0 Å². The topological polar surface area (TPSA) is 49.9 Å². The van der Waals surface area contributed by atoms with Crippen LogP contribution in [0.1, 0.15) is 16.8 Å². The fraction of sp³-hybridized carbons (Fsp3) is 0.500. The van der Waals surface area contributed by atoms with Crippen molar-refractivity contribution >= 4 is 23.3 Å². The van der Waals surface area contributed by atoms with Crippen molar-refractivity contribution in [2.24, 2.45) is 0 Å². The van der Waals surface area contributed by atoms with Crippen LogP contribution in [0.5, 0.6) is 0 Å². The minimum atomic E-state index is 0.0272. The van der Waals surface area contributed by atoms with E-state index in [1.54, 1.807) is 29.2 Å². The molecule has 1 fully saturated rings. The van der Waals surface area contributed by atoms with Gasteiger partial charge in [-0.1, -0.05) is 11.6 Å². The van der Waals surface area contributed by atoms with Gasteiger partial charge in [0.1, 0.15) is 6.61 Å². The van der Waals surface area contributed by atoms with Gasteiger partial charge in [0.2, 0.25) is 5.91 Å². The standard InChI is InChI=1S/C16H21ClN2O3/c1-22-12-16(21)19-10-8-18(9-11-19)7-6-15(20)13-2-4-14(17)5-3-13/h2-5H,6-12H2,1H3. The number of rotatable bonds is 6. The number of methoxy groups -OCH3 is 1. The van der Waals surface area contributed by atoms with Gasteiger partial charge < -0.3 is 9.64 Å². The molecule has 1 aliphatic heterocycles. The lowest BCUT2D eigenvalue weighted by Crippen LogP contribution is -2.49. The Kier molecular flexibility index (Phi) is 6.36. The van der Waals surface area contributed by atoms with Crippen LogP contribution in [-0.2, 0) is 9.53 Å². The molecule has 2 rings (SSSR count). The maximum atomic E-state index is 12.1. The van der Waals surface area contributed by atoms with E-state index in [0.717, 1.165) is 13.1 Å². The zero-order valence-corrected chi connectivity index (χ0v) is 13.5. The number of piperazine rings is 1. The van der Waals surface area contributed by atoms with Crippen molar-refractivity contribution in [3.05, 3.63) is 34.9 Å². The average Bonchev–Trinajstić information content (AvgIpc) is 2.54. The molecule has 0 atom stereocenters. The van der Waals surface area contributed by atoms with E-state index in [2.05, 4.69) is 4.90 Å². The fourth-order valence-corrected chi connectivity index (χ4v) is 2.60. The quantitative estimate of drug-likeness (QED) is 0.747. The van der Waals surface area contributed by atoms with Gasteiger partial charge in [0.15, 0.2) is 5.78 Å². The van der Waals surface area contributed by atoms with Crippen LogP contribution in [0.3, 0.4) is 0 Å². The van der Waals surface area contributed by atoms with Crippen molar-refractivity contribution in [1.82, 2.24) is 9.80 Å². The number of ketones is 1. The highest BCUT2D eigenvalue weighted by molar-refractivity contribution is 6.30. The maximum absolute atomic E-state index is 12.1. The van der Waals surface area contributed by atoms with E-state index in [9.17, 15) is 9.59 Å². The Hall–Kier alpha value is -1.43.